The lowest BCUT2D eigenvalue weighted by Gasteiger charge is -2.33. The fourth-order valence-electron chi connectivity index (χ4n) is 2.60. The van der Waals surface area contributed by atoms with Crippen LogP contribution in [0.2, 0.25) is 0 Å². The van der Waals surface area contributed by atoms with Gasteiger partial charge in [0, 0.05) is 43.5 Å². The molecule has 1 unspecified atom stereocenters. The molecule has 1 fully saturated rings. The first-order valence-corrected chi connectivity index (χ1v) is 7.56. The second kappa shape index (κ2) is 5.57. The predicted molar refractivity (Wildman–Crippen MR) is 82.2 cm³/mol. The summed E-state index contributed by atoms with van der Waals surface area (Å²) in [6, 6.07) is 1.76. The number of nitrogens with one attached hydrogen (secondary N) is 2. The molecule has 0 radical (unpaired) electrons. The molecule has 0 aliphatic carbocycles. The van der Waals surface area contributed by atoms with Gasteiger partial charge in [0.05, 0.1) is 11.1 Å². The second-order valence-corrected chi connectivity index (χ2v) is 5.86. The number of carbonyl (C=O) groups is 2. The molecule has 2 N–H and O–H groups in total. The number of fused-ring (bicyclic) bond motifs is 1. The minimum atomic E-state index is -0.479. The van der Waals surface area contributed by atoms with E-state index in [1.165, 1.54) is 0 Å². The van der Waals surface area contributed by atoms with E-state index in [2.05, 4.69) is 31.2 Å². The van der Waals surface area contributed by atoms with Crippen LogP contribution in [0.15, 0.2) is 23.1 Å². The first-order chi connectivity index (χ1) is 10.1. The van der Waals surface area contributed by atoms with E-state index in [4.69, 9.17) is 0 Å². The zero-order valence-electron chi connectivity index (χ0n) is 11.5. The monoisotopic (exact) mass is 350 g/mol. The Kier molecular flexibility index (Phi) is 3.77. The maximum absolute atomic E-state index is 12.5. The number of hydrogen-bond acceptors (Lipinski definition) is 4. The molecule has 21 heavy (non-hydrogen) atoms. The van der Waals surface area contributed by atoms with E-state index in [1.807, 2.05) is 6.92 Å². The van der Waals surface area contributed by atoms with Gasteiger partial charge in [0.2, 0.25) is 0 Å². The number of Topliss-reactive ketones (excluding diaryl/α,β-unsaturated/α-hetero) is 1. The summed E-state index contributed by atoms with van der Waals surface area (Å²) in [5, 5.41) is 3.91. The Balaban J connectivity index is 1.93. The summed E-state index contributed by atoms with van der Waals surface area (Å²) in [7, 11) is 0. The van der Waals surface area contributed by atoms with Crippen LogP contribution in [0.3, 0.4) is 0 Å². The summed E-state index contributed by atoms with van der Waals surface area (Å²) in [5.41, 5.74) is 1.12. The fourth-order valence-corrected chi connectivity index (χ4v) is 3.04. The van der Waals surface area contributed by atoms with Crippen molar-refractivity contribution in [1.29, 1.82) is 0 Å². The number of pyridine rings is 1. The Morgan fingerprint density at radius 3 is 3.05 bits per heavy atom. The third kappa shape index (κ3) is 2.47. The first kappa shape index (κ1) is 14.2. The summed E-state index contributed by atoms with van der Waals surface area (Å²) in [4.78, 5) is 33.7. The topological polar surface area (TPSA) is 78.1 Å². The summed E-state index contributed by atoms with van der Waals surface area (Å²) in [6.45, 7) is 3.92. The number of H-pyrrole nitrogens is 1. The maximum Gasteiger partial charge on any atom is 0.295 e. The van der Waals surface area contributed by atoms with Crippen molar-refractivity contribution in [3.63, 3.8) is 0 Å². The Bertz CT molecular complexity index is 712. The van der Waals surface area contributed by atoms with E-state index in [-0.39, 0.29) is 6.04 Å². The lowest BCUT2D eigenvalue weighted by Crippen LogP contribution is -2.54. The summed E-state index contributed by atoms with van der Waals surface area (Å²) < 4.78 is 0.627. The first-order valence-electron chi connectivity index (χ1n) is 6.77. The molecule has 2 aromatic heterocycles. The van der Waals surface area contributed by atoms with Crippen LogP contribution in [0.1, 0.15) is 17.3 Å². The third-order valence-electron chi connectivity index (χ3n) is 3.76. The van der Waals surface area contributed by atoms with Gasteiger partial charge in [0.1, 0.15) is 4.60 Å². The molecule has 0 saturated carbocycles. The van der Waals surface area contributed by atoms with Crippen LogP contribution in [0, 0.1) is 0 Å². The van der Waals surface area contributed by atoms with E-state index >= 15 is 0 Å². The van der Waals surface area contributed by atoms with Crippen LogP contribution < -0.4 is 5.32 Å². The average Bonchev–Trinajstić information content (AvgIpc) is 2.92. The molecule has 3 rings (SSSR count). The Morgan fingerprint density at radius 1 is 1.48 bits per heavy atom. The van der Waals surface area contributed by atoms with Crippen molar-refractivity contribution in [2.75, 3.05) is 19.6 Å². The average molecular weight is 351 g/mol. The van der Waals surface area contributed by atoms with Crippen molar-refractivity contribution in [2.24, 2.45) is 0 Å². The van der Waals surface area contributed by atoms with Crippen molar-refractivity contribution in [3.8, 4) is 0 Å². The highest BCUT2D eigenvalue weighted by atomic mass is 79.9. The Morgan fingerprint density at radius 2 is 2.29 bits per heavy atom. The molecule has 6 nitrogen and oxygen atoms in total. The molecule has 1 amide bonds. The number of aromatic nitrogens is 2. The van der Waals surface area contributed by atoms with Gasteiger partial charge in [-0.15, -0.1) is 0 Å². The molecular formula is C14H15BrN4O2. The standard InChI is InChI=1S/C14H15BrN4O2/c1-8-6-16-4-5-19(8)14(21)12(20)10-7-18-11-9(10)2-3-17-13(11)15/h2-3,7-8,16,18H,4-6H2,1H3. The quantitative estimate of drug-likeness (QED) is 0.486. The van der Waals surface area contributed by atoms with Gasteiger partial charge in [-0.2, -0.15) is 0 Å². The van der Waals surface area contributed by atoms with Gasteiger partial charge in [0.25, 0.3) is 11.7 Å². The van der Waals surface area contributed by atoms with Gasteiger partial charge in [-0.3, -0.25) is 9.59 Å². The molecule has 1 aliphatic heterocycles. The molecular weight excluding hydrogens is 336 g/mol. The smallest absolute Gasteiger partial charge is 0.295 e. The second-order valence-electron chi connectivity index (χ2n) is 5.11. The number of carbonyl (C=O) groups excluding carboxylic acids is 2. The highest BCUT2D eigenvalue weighted by Crippen LogP contribution is 2.24. The molecule has 7 heteroatoms. The van der Waals surface area contributed by atoms with E-state index in [0.29, 0.717) is 35.2 Å². The lowest BCUT2D eigenvalue weighted by molar-refractivity contribution is -0.129. The van der Waals surface area contributed by atoms with Crippen LogP contribution in [0.25, 0.3) is 10.9 Å². The normalized spacial score (nSPS) is 19.0. The van der Waals surface area contributed by atoms with Crippen molar-refractivity contribution in [2.45, 2.75) is 13.0 Å². The minimum absolute atomic E-state index is 0.0220. The van der Waals surface area contributed by atoms with Crippen LogP contribution in [0.5, 0.6) is 0 Å². The number of hydrogen-bond donors (Lipinski definition) is 2. The van der Waals surface area contributed by atoms with Gasteiger partial charge in [-0.05, 0) is 28.9 Å². The van der Waals surface area contributed by atoms with Crippen LogP contribution in [-0.2, 0) is 4.79 Å². The summed E-state index contributed by atoms with van der Waals surface area (Å²) in [5.74, 6) is -0.925. The molecule has 1 atom stereocenters. The zero-order valence-corrected chi connectivity index (χ0v) is 13.1. The molecule has 1 aliphatic rings. The van der Waals surface area contributed by atoms with E-state index < -0.39 is 11.7 Å². The zero-order chi connectivity index (χ0) is 15.0. The van der Waals surface area contributed by atoms with E-state index in [0.717, 1.165) is 5.52 Å². The van der Waals surface area contributed by atoms with E-state index in [1.54, 1.807) is 23.4 Å². The summed E-state index contributed by atoms with van der Waals surface area (Å²) in [6.07, 6.45) is 3.18. The van der Waals surface area contributed by atoms with Gasteiger partial charge in [-0.1, -0.05) is 0 Å². The Hall–Kier alpha value is -1.73. The molecule has 0 spiro atoms. The Labute approximate surface area is 130 Å². The van der Waals surface area contributed by atoms with Crippen molar-refractivity contribution < 1.29 is 9.59 Å². The molecule has 0 aromatic carbocycles. The lowest BCUT2D eigenvalue weighted by atomic mass is 10.1. The molecule has 110 valence electrons. The number of amides is 1. The minimum Gasteiger partial charge on any atom is -0.358 e. The van der Waals surface area contributed by atoms with Gasteiger partial charge in [-0.25, -0.2) is 4.98 Å². The fraction of sp³-hybridized carbons (Fsp3) is 0.357. The number of rotatable bonds is 2. The predicted octanol–water partition coefficient (Wildman–Crippen LogP) is 1.33. The van der Waals surface area contributed by atoms with Crippen molar-refractivity contribution >= 4 is 38.5 Å². The molecule has 3 heterocycles. The van der Waals surface area contributed by atoms with Crippen molar-refractivity contribution in [1.82, 2.24) is 20.2 Å². The summed E-state index contributed by atoms with van der Waals surface area (Å²) >= 11 is 3.33. The van der Waals surface area contributed by atoms with Crippen LogP contribution in [-0.4, -0.2) is 52.2 Å². The number of piperazine rings is 1. The number of ketones is 1. The van der Waals surface area contributed by atoms with Crippen LogP contribution >= 0.6 is 15.9 Å². The van der Waals surface area contributed by atoms with Crippen LogP contribution in [0.4, 0.5) is 0 Å². The van der Waals surface area contributed by atoms with Gasteiger partial charge < -0.3 is 15.2 Å². The highest BCUT2D eigenvalue weighted by Gasteiger charge is 2.30. The van der Waals surface area contributed by atoms with Crippen molar-refractivity contribution in [3.05, 3.63) is 28.6 Å². The van der Waals surface area contributed by atoms with Gasteiger partial charge in [0.15, 0.2) is 0 Å². The maximum atomic E-state index is 12.5. The molecule has 1 saturated heterocycles. The van der Waals surface area contributed by atoms with Gasteiger partial charge >= 0.3 is 0 Å². The molecule has 2 aromatic rings. The largest absolute Gasteiger partial charge is 0.358 e. The number of aromatic amines is 1. The number of nitrogens with zero attached hydrogens (tertiary/aromatic N) is 2. The third-order valence-corrected chi connectivity index (χ3v) is 4.36. The molecule has 0 bridgehead atoms. The highest BCUT2D eigenvalue weighted by molar-refractivity contribution is 9.10. The SMILES string of the molecule is CC1CNCCN1C(=O)C(=O)c1c[nH]c2c(Br)nccc12. The number of halogens is 1. The van der Waals surface area contributed by atoms with E-state index in [9.17, 15) is 9.59 Å².